The van der Waals surface area contributed by atoms with E-state index >= 15 is 0 Å². The van der Waals surface area contributed by atoms with Crippen LogP contribution in [0, 0.1) is 0 Å². The molecule has 5 heteroatoms. The third kappa shape index (κ3) is 2.03. The van der Waals surface area contributed by atoms with Gasteiger partial charge in [0.05, 0.1) is 0 Å². The molecule has 4 nitrogen and oxygen atoms in total. The Morgan fingerprint density at radius 2 is 1.55 bits per heavy atom. The molecule has 1 atom stereocenters. The van der Waals surface area contributed by atoms with Crippen LogP contribution in [0.15, 0.2) is 0 Å². The van der Waals surface area contributed by atoms with E-state index in [1.54, 1.807) is 6.92 Å². The topological polar surface area (TPSA) is 44.8 Å². The Labute approximate surface area is 67.3 Å². The average Bonchev–Trinajstić information content (AvgIpc) is 2.02. The van der Waals surface area contributed by atoms with Crippen LogP contribution in [0.4, 0.5) is 0 Å². The highest BCUT2D eigenvalue weighted by atomic mass is 31.2. The molecule has 0 rings (SSSR count). The van der Waals surface area contributed by atoms with Gasteiger partial charge < -0.3 is 14.0 Å². The van der Waals surface area contributed by atoms with Gasteiger partial charge in [-0.1, -0.05) is 0 Å². The largest absolute Gasteiger partial charge is 0.346 e. The zero-order chi connectivity index (χ0) is 9.12. The van der Waals surface area contributed by atoms with Gasteiger partial charge in [0.1, 0.15) is 0 Å². The fraction of sp³-hybridized carbons (Fsp3) is 1.00. The van der Waals surface area contributed by atoms with Crippen molar-refractivity contribution in [3.8, 4) is 0 Å². The lowest BCUT2D eigenvalue weighted by Crippen LogP contribution is -2.29. The molecule has 0 heterocycles. The van der Waals surface area contributed by atoms with Crippen molar-refractivity contribution in [2.75, 3.05) is 28.0 Å². The Morgan fingerprint density at radius 1 is 1.18 bits per heavy atom. The minimum absolute atomic E-state index is 1.14. The molecule has 1 unspecified atom stereocenters. The maximum absolute atomic E-state index is 11.6. The van der Waals surface area contributed by atoms with Crippen LogP contribution in [0.25, 0.3) is 0 Å². The molecule has 0 aliphatic heterocycles. The maximum atomic E-state index is 11.6. The zero-order valence-electron chi connectivity index (χ0n) is 7.58. The highest BCUT2D eigenvalue weighted by Gasteiger charge is 2.41. The van der Waals surface area contributed by atoms with Crippen LogP contribution < -0.4 is 0 Å². The molecule has 0 aromatic carbocycles. The van der Waals surface area contributed by atoms with Gasteiger partial charge in [0.25, 0.3) is 7.37 Å². The second-order valence-corrected chi connectivity index (χ2v) is 5.20. The van der Waals surface area contributed by atoms with Gasteiger partial charge >= 0.3 is 0 Å². The molecule has 0 N–H and O–H groups in total. The van der Waals surface area contributed by atoms with Crippen LogP contribution in [0.1, 0.15) is 6.92 Å². The molecule has 0 radical (unpaired) electrons. The third-order valence-corrected chi connectivity index (χ3v) is 4.38. The second-order valence-electron chi connectivity index (χ2n) is 2.33. The first kappa shape index (κ1) is 11.1. The standard InChI is InChI=1S/C6H15O4P/c1-6(8-2,9-3)11(5,7)10-4/h1-5H3. The Morgan fingerprint density at radius 3 is 1.64 bits per heavy atom. The summed E-state index contributed by atoms with van der Waals surface area (Å²) in [6.07, 6.45) is 0. The molecule has 68 valence electrons. The summed E-state index contributed by atoms with van der Waals surface area (Å²) in [6.45, 7) is 3.05. The molecule has 0 amide bonds. The molecule has 0 aromatic rings. The number of rotatable bonds is 4. The van der Waals surface area contributed by atoms with Crippen molar-refractivity contribution < 1.29 is 18.6 Å². The molecule has 0 aromatic heterocycles. The van der Waals surface area contributed by atoms with Crippen molar-refractivity contribution in [2.45, 2.75) is 12.5 Å². The van der Waals surface area contributed by atoms with E-state index in [-0.39, 0.29) is 0 Å². The van der Waals surface area contributed by atoms with Crippen LogP contribution in [0.2, 0.25) is 0 Å². The summed E-state index contributed by atoms with van der Waals surface area (Å²) in [5.74, 6) is 0. The molecule has 0 saturated heterocycles. The summed E-state index contributed by atoms with van der Waals surface area (Å²) >= 11 is 0. The van der Waals surface area contributed by atoms with Gasteiger partial charge in [-0.05, 0) is 6.92 Å². The summed E-state index contributed by atoms with van der Waals surface area (Å²) in [4.78, 5) is 0. The van der Waals surface area contributed by atoms with E-state index in [1.165, 1.54) is 28.0 Å². The summed E-state index contributed by atoms with van der Waals surface area (Å²) < 4.78 is 26.2. The highest BCUT2D eigenvalue weighted by molar-refractivity contribution is 7.59. The molecule has 0 aliphatic carbocycles. The van der Waals surface area contributed by atoms with Crippen molar-refractivity contribution in [3.05, 3.63) is 0 Å². The minimum Gasteiger partial charge on any atom is -0.346 e. The van der Waals surface area contributed by atoms with Gasteiger partial charge in [-0.15, -0.1) is 0 Å². The van der Waals surface area contributed by atoms with E-state index in [0.29, 0.717) is 0 Å². The first-order chi connectivity index (χ1) is 4.93. The van der Waals surface area contributed by atoms with E-state index in [0.717, 1.165) is 0 Å². The van der Waals surface area contributed by atoms with Crippen molar-refractivity contribution in [1.29, 1.82) is 0 Å². The van der Waals surface area contributed by atoms with Crippen molar-refractivity contribution in [2.24, 2.45) is 0 Å². The molecule has 0 aliphatic rings. The Balaban J connectivity index is 4.62. The normalized spacial score (nSPS) is 17.9. The molecule has 0 spiro atoms. The molecule has 0 bridgehead atoms. The SMILES string of the molecule is COC(C)(OC)P(C)(=O)OC. The lowest BCUT2D eigenvalue weighted by molar-refractivity contribution is -0.135. The lowest BCUT2D eigenvalue weighted by Gasteiger charge is -2.30. The summed E-state index contributed by atoms with van der Waals surface area (Å²) in [6, 6.07) is 0. The van der Waals surface area contributed by atoms with Crippen LogP contribution in [-0.4, -0.2) is 33.5 Å². The lowest BCUT2D eigenvalue weighted by atomic mass is 10.7. The van der Waals surface area contributed by atoms with Crippen molar-refractivity contribution in [1.82, 2.24) is 0 Å². The monoisotopic (exact) mass is 182 g/mol. The van der Waals surface area contributed by atoms with Crippen LogP contribution in [0.3, 0.4) is 0 Å². The molecular formula is C6H15O4P. The Kier molecular flexibility index (Phi) is 3.71. The summed E-state index contributed by atoms with van der Waals surface area (Å²) in [7, 11) is 1.39. The van der Waals surface area contributed by atoms with Crippen LogP contribution >= 0.6 is 7.37 Å². The first-order valence-corrected chi connectivity index (χ1v) is 5.24. The number of hydrogen-bond acceptors (Lipinski definition) is 4. The molecule has 0 fully saturated rings. The zero-order valence-corrected chi connectivity index (χ0v) is 8.47. The van der Waals surface area contributed by atoms with Gasteiger partial charge in [-0.2, -0.15) is 0 Å². The Bertz CT molecular complexity index is 164. The average molecular weight is 182 g/mol. The predicted octanol–water partition coefficient (Wildman–Crippen LogP) is 1.51. The van der Waals surface area contributed by atoms with Crippen molar-refractivity contribution >= 4 is 7.37 Å². The van der Waals surface area contributed by atoms with Gasteiger partial charge in [-0.25, -0.2) is 0 Å². The quantitative estimate of drug-likeness (QED) is 0.488. The highest BCUT2D eigenvalue weighted by Crippen LogP contribution is 2.55. The summed E-state index contributed by atoms with van der Waals surface area (Å²) in [5, 5.41) is 0. The van der Waals surface area contributed by atoms with E-state index in [9.17, 15) is 4.57 Å². The third-order valence-electron chi connectivity index (χ3n) is 1.84. The van der Waals surface area contributed by atoms with E-state index in [4.69, 9.17) is 14.0 Å². The van der Waals surface area contributed by atoms with Gasteiger partial charge in [-0.3, -0.25) is 4.57 Å². The molecule has 0 saturated carbocycles. The smallest absolute Gasteiger partial charge is 0.257 e. The maximum Gasteiger partial charge on any atom is 0.257 e. The van der Waals surface area contributed by atoms with Gasteiger partial charge in [0.15, 0.2) is 0 Å². The predicted molar refractivity (Wildman–Crippen MR) is 43.0 cm³/mol. The van der Waals surface area contributed by atoms with Crippen molar-refractivity contribution in [3.63, 3.8) is 0 Å². The fourth-order valence-corrected chi connectivity index (χ4v) is 1.58. The van der Waals surface area contributed by atoms with E-state index in [2.05, 4.69) is 0 Å². The fourth-order valence-electron chi connectivity index (χ4n) is 0.581. The summed E-state index contributed by atoms with van der Waals surface area (Å²) in [5.41, 5.74) is -1.14. The minimum atomic E-state index is -2.84. The van der Waals surface area contributed by atoms with Gasteiger partial charge in [0.2, 0.25) is 5.53 Å². The molecular weight excluding hydrogens is 167 g/mol. The number of ether oxygens (including phenoxy) is 2. The van der Waals surface area contributed by atoms with E-state index in [1.807, 2.05) is 0 Å². The second kappa shape index (κ2) is 3.68. The molecule has 11 heavy (non-hydrogen) atoms. The van der Waals surface area contributed by atoms with Gasteiger partial charge in [0, 0.05) is 28.0 Å². The first-order valence-electron chi connectivity index (χ1n) is 3.17. The number of methoxy groups -OCH3 is 2. The van der Waals surface area contributed by atoms with Crippen LogP contribution in [-0.2, 0) is 18.6 Å². The number of hydrogen-bond donors (Lipinski definition) is 0. The van der Waals surface area contributed by atoms with E-state index < -0.39 is 12.9 Å². The van der Waals surface area contributed by atoms with Crippen LogP contribution in [0.5, 0.6) is 0 Å². The Hall–Kier alpha value is 0.110.